The number of hydrogen-bond donors (Lipinski definition) is 0. The molecule has 3 heteroatoms. The van der Waals surface area contributed by atoms with Gasteiger partial charge in [0.1, 0.15) is 0 Å². The van der Waals surface area contributed by atoms with Crippen molar-refractivity contribution in [2.45, 2.75) is 40.4 Å². The van der Waals surface area contributed by atoms with E-state index in [0.717, 1.165) is 5.57 Å². The van der Waals surface area contributed by atoms with Gasteiger partial charge in [-0.25, -0.2) is 0 Å². The lowest BCUT2D eigenvalue weighted by molar-refractivity contribution is -0.149. The average molecular weight is 200 g/mol. The number of rotatable bonds is 7. The molecule has 0 saturated carbocycles. The molecule has 0 aromatic heterocycles. The van der Waals surface area contributed by atoms with E-state index in [-0.39, 0.29) is 5.78 Å². The van der Waals surface area contributed by atoms with Crippen LogP contribution < -0.4 is 0 Å². The van der Waals surface area contributed by atoms with Crippen molar-refractivity contribution in [3.8, 4) is 0 Å². The van der Waals surface area contributed by atoms with Gasteiger partial charge in [-0.2, -0.15) is 0 Å². The second-order valence-corrected chi connectivity index (χ2v) is 3.23. The van der Waals surface area contributed by atoms with E-state index in [0.29, 0.717) is 19.6 Å². The smallest absolute Gasteiger partial charge is 0.164 e. The third kappa shape index (κ3) is 6.80. The fourth-order valence-electron chi connectivity index (χ4n) is 1.08. The van der Waals surface area contributed by atoms with E-state index >= 15 is 0 Å². The van der Waals surface area contributed by atoms with Crippen LogP contribution in [-0.2, 0) is 14.3 Å². The van der Waals surface area contributed by atoms with Crippen molar-refractivity contribution in [1.29, 1.82) is 0 Å². The molecule has 0 aliphatic rings. The second kappa shape index (κ2) is 7.71. The monoisotopic (exact) mass is 200 g/mol. The molecule has 0 N–H and O–H groups in total. The van der Waals surface area contributed by atoms with Crippen LogP contribution in [0.3, 0.4) is 0 Å². The minimum Gasteiger partial charge on any atom is -0.352 e. The highest BCUT2D eigenvalue weighted by atomic mass is 16.7. The molecule has 0 aromatic carbocycles. The second-order valence-electron chi connectivity index (χ2n) is 3.23. The van der Waals surface area contributed by atoms with Crippen LogP contribution in [0.15, 0.2) is 11.6 Å². The SMILES string of the molecule is CCOC(CC(=O)C=C(C)C)OCC. The van der Waals surface area contributed by atoms with Gasteiger partial charge in [0.05, 0.1) is 6.42 Å². The highest BCUT2D eigenvalue weighted by molar-refractivity contribution is 5.90. The van der Waals surface area contributed by atoms with E-state index in [1.807, 2.05) is 27.7 Å². The summed E-state index contributed by atoms with van der Waals surface area (Å²) in [5.41, 5.74) is 1.00. The van der Waals surface area contributed by atoms with Crippen LogP contribution in [0.2, 0.25) is 0 Å². The Kier molecular flexibility index (Phi) is 7.34. The Hall–Kier alpha value is -0.670. The maximum Gasteiger partial charge on any atom is 0.164 e. The van der Waals surface area contributed by atoms with Gasteiger partial charge in [0.25, 0.3) is 0 Å². The molecule has 0 saturated heterocycles. The van der Waals surface area contributed by atoms with Gasteiger partial charge in [0.2, 0.25) is 0 Å². The van der Waals surface area contributed by atoms with Crippen molar-refractivity contribution in [2.75, 3.05) is 13.2 Å². The molecule has 0 unspecified atom stereocenters. The van der Waals surface area contributed by atoms with Gasteiger partial charge >= 0.3 is 0 Å². The zero-order valence-electron chi connectivity index (χ0n) is 9.50. The molecule has 0 bridgehead atoms. The standard InChI is InChI=1S/C11H20O3/c1-5-13-11(14-6-2)8-10(12)7-9(3)4/h7,11H,5-6,8H2,1-4H3. The van der Waals surface area contributed by atoms with Gasteiger partial charge in [-0.15, -0.1) is 0 Å². The van der Waals surface area contributed by atoms with Crippen LogP contribution in [0.1, 0.15) is 34.1 Å². The molecular formula is C11H20O3. The van der Waals surface area contributed by atoms with Crippen molar-refractivity contribution >= 4 is 5.78 Å². The number of ether oxygens (including phenoxy) is 2. The van der Waals surface area contributed by atoms with E-state index in [9.17, 15) is 4.79 Å². The lowest BCUT2D eigenvalue weighted by atomic mass is 10.2. The lowest BCUT2D eigenvalue weighted by Gasteiger charge is -2.15. The number of carbonyl (C=O) groups is 1. The number of hydrogen-bond acceptors (Lipinski definition) is 3. The van der Waals surface area contributed by atoms with Crippen LogP contribution >= 0.6 is 0 Å². The van der Waals surface area contributed by atoms with Gasteiger partial charge in [-0.1, -0.05) is 5.57 Å². The molecule has 0 aliphatic carbocycles. The summed E-state index contributed by atoms with van der Waals surface area (Å²) < 4.78 is 10.5. The predicted molar refractivity (Wildman–Crippen MR) is 56.1 cm³/mol. The lowest BCUT2D eigenvalue weighted by Crippen LogP contribution is -2.20. The molecular weight excluding hydrogens is 180 g/mol. The first-order valence-electron chi connectivity index (χ1n) is 5.01. The molecule has 0 fully saturated rings. The van der Waals surface area contributed by atoms with E-state index in [1.165, 1.54) is 0 Å². The Labute approximate surface area is 86.1 Å². The summed E-state index contributed by atoms with van der Waals surface area (Å²) in [6.45, 7) is 8.69. The molecule has 0 amide bonds. The van der Waals surface area contributed by atoms with Gasteiger partial charge in [-0.05, 0) is 33.8 Å². The fraction of sp³-hybridized carbons (Fsp3) is 0.727. The summed E-state index contributed by atoms with van der Waals surface area (Å²) >= 11 is 0. The Morgan fingerprint density at radius 3 is 2.07 bits per heavy atom. The first kappa shape index (κ1) is 13.3. The van der Waals surface area contributed by atoms with Gasteiger partial charge in [-0.3, -0.25) is 4.79 Å². The molecule has 3 nitrogen and oxygen atoms in total. The van der Waals surface area contributed by atoms with Gasteiger partial charge < -0.3 is 9.47 Å². The van der Waals surface area contributed by atoms with Crippen molar-refractivity contribution in [3.05, 3.63) is 11.6 Å². The van der Waals surface area contributed by atoms with E-state index in [2.05, 4.69) is 0 Å². The average Bonchev–Trinajstić information content (AvgIpc) is 2.03. The predicted octanol–water partition coefficient (Wildman–Crippen LogP) is 2.31. The van der Waals surface area contributed by atoms with Crippen molar-refractivity contribution < 1.29 is 14.3 Å². The summed E-state index contributed by atoms with van der Waals surface area (Å²) in [4.78, 5) is 11.4. The number of carbonyl (C=O) groups excluding carboxylic acids is 1. The molecule has 82 valence electrons. The summed E-state index contributed by atoms with van der Waals surface area (Å²) in [6.07, 6.45) is 1.52. The minimum absolute atomic E-state index is 0.0527. The summed E-state index contributed by atoms with van der Waals surface area (Å²) in [7, 11) is 0. The molecule has 0 spiro atoms. The first-order chi connectivity index (χ1) is 6.60. The molecule has 0 heterocycles. The van der Waals surface area contributed by atoms with Crippen molar-refractivity contribution in [1.82, 2.24) is 0 Å². The Morgan fingerprint density at radius 2 is 1.71 bits per heavy atom. The topological polar surface area (TPSA) is 35.5 Å². The van der Waals surface area contributed by atoms with E-state index < -0.39 is 6.29 Å². The molecule has 0 atom stereocenters. The fourth-order valence-corrected chi connectivity index (χ4v) is 1.08. The summed E-state index contributed by atoms with van der Waals surface area (Å²) in [6, 6.07) is 0. The maximum absolute atomic E-state index is 11.4. The van der Waals surface area contributed by atoms with Crippen LogP contribution in [0.4, 0.5) is 0 Å². The molecule has 0 rings (SSSR count). The van der Waals surface area contributed by atoms with Gasteiger partial charge in [0.15, 0.2) is 12.1 Å². The van der Waals surface area contributed by atoms with Crippen LogP contribution in [0, 0.1) is 0 Å². The zero-order chi connectivity index (χ0) is 11.0. The van der Waals surface area contributed by atoms with E-state index in [4.69, 9.17) is 9.47 Å². The molecule has 14 heavy (non-hydrogen) atoms. The normalized spacial score (nSPS) is 10.4. The minimum atomic E-state index is -0.395. The van der Waals surface area contributed by atoms with Gasteiger partial charge in [0, 0.05) is 13.2 Å². The summed E-state index contributed by atoms with van der Waals surface area (Å²) in [5, 5.41) is 0. The third-order valence-electron chi connectivity index (χ3n) is 1.52. The van der Waals surface area contributed by atoms with Crippen molar-refractivity contribution in [3.63, 3.8) is 0 Å². The van der Waals surface area contributed by atoms with E-state index in [1.54, 1.807) is 6.08 Å². The Bertz CT molecular complexity index is 187. The van der Waals surface area contributed by atoms with Crippen molar-refractivity contribution in [2.24, 2.45) is 0 Å². The number of allylic oxidation sites excluding steroid dienone is 2. The molecule has 0 aromatic rings. The van der Waals surface area contributed by atoms with Crippen LogP contribution in [0.5, 0.6) is 0 Å². The molecule has 0 radical (unpaired) electrons. The zero-order valence-corrected chi connectivity index (χ0v) is 9.50. The Balaban J connectivity index is 4.01. The third-order valence-corrected chi connectivity index (χ3v) is 1.52. The van der Waals surface area contributed by atoms with Crippen LogP contribution in [0.25, 0.3) is 0 Å². The maximum atomic E-state index is 11.4. The number of ketones is 1. The molecule has 0 aliphatic heterocycles. The summed E-state index contributed by atoms with van der Waals surface area (Å²) in [5.74, 6) is 0.0527. The largest absolute Gasteiger partial charge is 0.352 e. The highest BCUT2D eigenvalue weighted by Gasteiger charge is 2.11. The Morgan fingerprint density at radius 1 is 1.21 bits per heavy atom. The highest BCUT2D eigenvalue weighted by Crippen LogP contribution is 2.04. The first-order valence-corrected chi connectivity index (χ1v) is 5.01. The van der Waals surface area contributed by atoms with Crippen LogP contribution in [-0.4, -0.2) is 25.3 Å². The quantitative estimate of drug-likeness (QED) is 0.467.